The van der Waals surface area contributed by atoms with Crippen molar-refractivity contribution in [1.82, 2.24) is 0 Å². The fourth-order valence-electron chi connectivity index (χ4n) is 6.84. The molecule has 3 aliphatic rings. The summed E-state index contributed by atoms with van der Waals surface area (Å²) in [6.07, 6.45) is 4.94. The smallest absolute Gasteiger partial charge is 0.107 e. The lowest BCUT2D eigenvalue weighted by Crippen LogP contribution is -2.64. The van der Waals surface area contributed by atoms with Crippen LogP contribution in [0, 0.1) is 28.6 Å². The SMILES string of the molecule is C[C@H]1c2ccoc2C[C@H]2[C@H]1[C@@H](O)[C@H](O)[C@H]1C(C)(C)CCC[C@]21C. The highest BCUT2D eigenvalue weighted by molar-refractivity contribution is 5.30. The van der Waals surface area contributed by atoms with Crippen molar-refractivity contribution in [1.29, 1.82) is 0 Å². The Morgan fingerprint density at radius 1 is 1.13 bits per heavy atom. The van der Waals surface area contributed by atoms with Crippen molar-refractivity contribution in [3.05, 3.63) is 23.7 Å². The van der Waals surface area contributed by atoms with Crippen LogP contribution in [0.1, 0.15) is 64.2 Å². The maximum atomic E-state index is 11.1. The second kappa shape index (κ2) is 4.86. The maximum absolute atomic E-state index is 11.1. The maximum Gasteiger partial charge on any atom is 0.107 e. The van der Waals surface area contributed by atoms with Crippen LogP contribution in [0.15, 0.2) is 16.7 Å². The Labute approximate surface area is 139 Å². The summed E-state index contributed by atoms with van der Waals surface area (Å²) in [4.78, 5) is 0. The van der Waals surface area contributed by atoms with Gasteiger partial charge in [0.25, 0.3) is 0 Å². The number of fused-ring (bicyclic) bond motifs is 4. The molecule has 7 atom stereocenters. The number of rotatable bonds is 0. The first kappa shape index (κ1) is 15.7. The molecule has 23 heavy (non-hydrogen) atoms. The minimum absolute atomic E-state index is 0.0732. The van der Waals surface area contributed by atoms with Gasteiger partial charge in [0.2, 0.25) is 0 Å². The zero-order valence-corrected chi connectivity index (χ0v) is 14.7. The van der Waals surface area contributed by atoms with Gasteiger partial charge in [0.1, 0.15) is 5.76 Å². The monoisotopic (exact) mass is 318 g/mol. The molecule has 0 radical (unpaired) electrons. The van der Waals surface area contributed by atoms with Gasteiger partial charge in [-0.2, -0.15) is 0 Å². The quantitative estimate of drug-likeness (QED) is 0.766. The molecule has 1 aromatic rings. The first-order chi connectivity index (χ1) is 10.8. The van der Waals surface area contributed by atoms with Gasteiger partial charge in [0.15, 0.2) is 0 Å². The van der Waals surface area contributed by atoms with E-state index in [-0.39, 0.29) is 28.6 Å². The molecule has 2 saturated carbocycles. The summed E-state index contributed by atoms with van der Waals surface area (Å²) in [6.45, 7) is 9.11. The van der Waals surface area contributed by atoms with E-state index in [4.69, 9.17) is 4.42 Å². The number of hydrogen-bond donors (Lipinski definition) is 2. The zero-order chi connectivity index (χ0) is 16.6. The van der Waals surface area contributed by atoms with Crippen molar-refractivity contribution in [2.75, 3.05) is 0 Å². The Morgan fingerprint density at radius 3 is 2.61 bits per heavy atom. The van der Waals surface area contributed by atoms with Crippen LogP contribution < -0.4 is 0 Å². The van der Waals surface area contributed by atoms with Crippen LogP contribution in [0.25, 0.3) is 0 Å². The fraction of sp³-hybridized carbons (Fsp3) is 0.800. The second-order valence-corrected chi connectivity index (χ2v) is 9.28. The summed E-state index contributed by atoms with van der Waals surface area (Å²) < 4.78 is 5.77. The van der Waals surface area contributed by atoms with Crippen molar-refractivity contribution in [3.8, 4) is 0 Å². The molecule has 0 saturated heterocycles. The molecule has 0 aromatic carbocycles. The van der Waals surface area contributed by atoms with Crippen LogP contribution in [0.3, 0.4) is 0 Å². The number of furan rings is 1. The van der Waals surface area contributed by atoms with E-state index in [1.165, 1.54) is 12.0 Å². The van der Waals surface area contributed by atoms with Crippen molar-refractivity contribution in [3.63, 3.8) is 0 Å². The molecule has 1 aromatic heterocycles. The van der Waals surface area contributed by atoms with Crippen LogP contribution in [0.2, 0.25) is 0 Å². The molecular formula is C20H30O3. The van der Waals surface area contributed by atoms with Crippen molar-refractivity contribution >= 4 is 0 Å². The minimum atomic E-state index is -0.631. The highest BCUT2D eigenvalue weighted by Gasteiger charge is 2.63. The summed E-state index contributed by atoms with van der Waals surface area (Å²) in [7, 11) is 0. The standard InChI is InChI=1S/C20H30O3/c1-11-12-6-9-23-14(12)10-13-15(11)16(21)17(22)18-19(2,3)7-5-8-20(13,18)4/h6,9,11,13,15-18,21-22H,5,7-8,10H2,1-4H3/t11-,13-,15-,16+,17-,18-,20+/m0/s1. The van der Waals surface area contributed by atoms with E-state index in [0.29, 0.717) is 5.92 Å². The van der Waals surface area contributed by atoms with E-state index in [0.717, 1.165) is 25.0 Å². The van der Waals surface area contributed by atoms with E-state index in [9.17, 15) is 10.2 Å². The lowest BCUT2D eigenvalue weighted by molar-refractivity contribution is -0.216. The third-order valence-corrected chi connectivity index (χ3v) is 7.74. The van der Waals surface area contributed by atoms with Crippen molar-refractivity contribution in [2.24, 2.45) is 28.6 Å². The predicted octanol–water partition coefficient (Wildman–Crippen LogP) is 3.74. The Bertz CT molecular complexity index is 604. The Hall–Kier alpha value is -0.800. The third-order valence-electron chi connectivity index (χ3n) is 7.74. The van der Waals surface area contributed by atoms with Crippen LogP contribution in [0.4, 0.5) is 0 Å². The van der Waals surface area contributed by atoms with E-state index in [1.54, 1.807) is 6.26 Å². The Balaban J connectivity index is 1.83. The summed E-state index contributed by atoms with van der Waals surface area (Å²) in [5, 5.41) is 22.1. The van der Waals surface area contributed by atoms with Gasteiger partial charge < -0.3 is 14.6 Å². The average molecular weight is 318 g/mol. The molecule has 1 heterocycles. The van der Waals surface area contributed by atoms with Gasteiger partial charge in [0, 0.05) is 6.42 Å². The molecule has 0 amide bonds. The third kappa shape index (κ3) is 1.96. The molecule has 0 bridgehead atoms. The largest absolute Gasteiger partial charge is 0.469 e. The van der Waals surface area contributed by atoms with Gasteiger partial charge in [-0.05, 0) is 59.0 Å². The average Bonchev–Trinajstić information content (AvgIpc) is 2.93. The molecule has 3 heteroatoms. The van der Waals surface area contributed by atoms with E-state index >= 15 is 0 Å². The Kier molecular flexibility index (Phi) is 3.32. The van der Waals surface area contributed by atoms with Crippen molar-refractivity contribution < 1.29 is 14.6 Å². The zero-order valence-electron chi connectivity index (χ0n) is 14.7. The molecule has 2 N–H and O–H groups in total. The van der Waals surface area contributed by atoms with Crippen LogP contribution in [0.5, 0.6) is 0 Å². The molecule has 128 valence electrons. The molecule has 3 aliphatic carbocycles. The Morgan fingerprint density at radius 2 is 1.87 bits per heavy atom. The first-order valence-corrected chi connectivity index (χ1v) is 9.20. The van der Waals surface area contributed by atoms with Crippen LogP contribution >= 0.6 is 0 Å². The predicted molar refractivity (Wildman–Crippen MR) is 89.0 cm³/mol. The molecular weight excluding hydrogens is 288 g/mol. The van der Waals surface area contributed by atoms with Crippen LogP contribution in [-0.2, 0) is 6.42 Å². The van der Waals surface area contributed by atoms with E-state index in [1.807, 2.05) is 0 Å². The molecule has 0 spiro atoms. The van der Waals surface area contributed by atoms with Gasteiger partial charge in [-0.25, -0.2) is 0 Å². The van der Waals surface area contributed by atoms with E-state index in [2.05, 4.69) is 33.8 Å². The van der Waals surface area contributed by atoms with Gasteiger partial charge in [-0.1, -0.05) is 34.1 Å². The number of hydrogen-bond acceptors (Lipinski definition) is 3. The lowest BCUT2D eigenvalue weighted by Gasteiger charge is -2.64. The molecule has 0 unspecified atom stereocenters. The lowest BCUT2D eigenvalue weighted by atomic mass is 9.42. The second-order valence-electron chi connectivity index (χ2n) is 9.28. The number of aliphatic hydroxyl groups is 2. The minimum Gasteiger partial charge on any atom is -0.469 e. The van der Waals surface area contributed by atoms with Gasteiger partial charge in [-0.15, -0.1) is 0 Å². The molecule has 0 aliphatic heterocycles. The summed E-state index contributed by atoms with van der Waals surface area (Å²) in [5.74, 6) is 2.02. The van der Waals surface area contributed by atoms with Gasteiger partial charge in [0.05, 0.1) is 18.5 Å². The number of aliphatic hydroxyl groups excluding tert-OH is 2. The summed E-state index contributed by atoms with van der Waals surface area (Å²) in [5.41, 5.74) is 1.38. The van der Waals surface area contributed by atoms with Crippen LogP contribution in [-0.4, -0.2) is 22.4 Å². The molecule has 3 nitrogen and oxygen atoms in total. The van der Waals surface area contributed by atoms with Crippen molar-refractivity contribution in [2.45, 2.75) is 71.5 Å². The van der Waals surface area contributed by atoms with Gasteiger partial charge >= 0.3 is 0 Å². The summed E-state index contributed by atoms with van der Waals surface area (Å²) >= 11 is 0. The van der Waals surface area contributed by atoms with E-state index < -0.39 is 12.2 Å². The molecule has 2 fully saturated rings. The summed E-state index contributed by atoms with van der Waals surface area (Å²) in [6, 6.07) is 2.05. The van der Waals surface area contributed by atoms with Gasteiger partial charge in [-0.3, -0.25) is 0 Å². The molecule has 4 rings (SSSR count). The fourth-order valence-corrected chi connectivity index (χ4v) is 6.84. The highest BCUT2D eigenvalue weighted by Crippen LogP contribution is 2.64. The highest BCUT2D eigenvalue weighted by atomic mass is 16.3. The first-order valence-electron chi connectivity index (χ1n) is 9.20. The normalized spacial score (nSPS) is 48.3. The topological polar surface area (TPSA) is 53.6 Å².